The van der Waals surface area contributed by atoms with Crippen LogP contribution < -0.4 is 9.64 Å². The number of ether oxygens (including phenoxy) is 1. The van der Waals surface area contributed by atoms with Crippen LogP contribution in [0.4, 0.5) is 19.0 Å². The zero-order valence-corrected chi connectivity index (χ0v) is 14.0. The highest BCUT2D eigenvalue weighted by Crippen LogP contribution is 2.32. The second-order valence-electron chi connectivity index (χ2n) is 6.32. The van der Waals surface area contributed by atoms with Gasteiger partial charge in [-0.3, -0.25) is 4.98 Å². The van der Waals surface area contributed by atoms with Crippen molar-refractivity contribution in [3.05, 3.63) is 30.1 Å². The van der Waals surface area contributed by atoms with Crippen LogP contribution in [0.3, 0.4) is 0 Å². The van der Waals surface area contributed by atoms with Crippen molar-refractivity contribution in [2.24, 2.45) is 0 Å². The summed E-state index contributed by atoms with van der Waals surface area (Å²) in [4.78, 5) is 17.0. The standard InChI is InChI=1S/C16H20F3N5O/c1-10(2)25-14-9-20-8-13(23-14)24-5-3-11(4-6-24)15-21-7-12(22-15)16(17,18)19/h7-11H,3-6H2,1-2H3,(H,21,22). The molecule has 25 heavy (non-hydrogen) atoms. The van der Waals surface area contributed by atoms with Gasteiger partial charge in [0.25, 0.3) is 0 Å². The number of alkyl halides is 3. The van der Waals surface area contributed by atoms with E-state index in [2.05, 4.69) is 24.8 Å². The number of imidazole rings is 1. The molecule has 0 amide bonds. The smallest absolute Gasteiger partial charge is 0.432 e. The Kier molecular flexibility index (Phi) is 4.82. The highest BCUT2D eigenvalue weighted by Gasteiger charge is 2.34. The summed E-state index contributed by atoms with van der Waals surface area (Å²) in [5, 5.41) is 0. The summed E-state index contributed by atoms with van der Waals surface area (Å²) in [7, 11) is 0. The van der Waals surface area contributed by atoms with Gasteiger partial charge in [-0.05, 0) is 26.7 Å². The first-order valence-corrected chi connectivity index (χ1v) is 8.18. The van der Waals surface area contributed by atoms with Crippen LogP contribution in [0.15, 0.2) is 18.6 Å². The number of aromatic nitrogens is 4. The lowest BCUT2D eigenvalue weighted by Gasteiger charge is -2.31. The second-order valence-corrected chi connectivity index (χ2v) is 6.32. The lowest BCUT2D eigenvalue weighted by molar-refractivity contribution is -0.141. The van der Waals surface area contributed by atoms with Gasteiger partial charge in [-0.15, -0.1) is 0 Å². The summed E-state index contributed by atoms with van der Waals surface area (Å²) in [6.45, 7) is 5.18. The minimum absolute atomic E-state index is 0.0112. The van der Waals surface area contributed by atoms with Gasteiger partial charge in [0.15, 0.2) is 5.82 Å². The third kappa shape index (κ3) is 4.21. The lowest BCUT2D eigenvalue weighted by atomic mass is 9.96. The third-order valence-corrected chi connectivity index (χ3v) is 4.06. The Morgan fingerprint density at radius 3 is 2.52 bits per heavy atom. The molecule has 0 unspecified atom stereocenters. The number of halogens is 3. The van der Waals surface area contributed by atoms with Crippen LogP contribution in [0.2, 0.25) is 0 Å². The van der Waals surface area contributed by atoms with Crippen molar-refractivity contribution in [1.29, 1.82) is 0 Å². The van der Waals surface area contributed by atoms with Crippen LogP contribution in [-0.2, 0) is 6.18 Å². The predicted octanol–water partition coefficient (Wildman–Crippen LogP) is 3.39. The van der Waals surface area contributed by atoms with E-state index in [4.69, 9.17) is 4.74 Å². The third-order valence-electron chi connectivity index (χ3n) is 4.06. The minimum atomic E-state index is -4.39. The van der Waals surface area contributed by atoms with Gasteiger partial charge in [-0.1, -0.05) is 0 Å². The summed E-state index contributed by atoms with van der Waals surface area (Å²) >= 11 is 0. The maximum Gasteiger partial charge on any atom is 0.432 e. The number of aromatic amines is 1. The zero-order valence-electron chi connectivity index (χ0n) is 14.0. The summed E-state index contributed by atoms with van der Waals surface area (Å²) in [5.41, 5.74) is -0.797. The summed E-state index contributed by atoms with van der Waals surface area (Å²) in [6.07, 6.45) is 1.11. The zero-order chi connectivity index (χ0) is 18.0. The Morgan fingerprint density at radius 2 is 1.92 bits per heavy atom. The van der Waals surface area contributed by atoms with Crippen molar-refractivity contribution in [3.8, 4) is 5.88 Å². The van der Waals surface area contributed by atoms with Crippen molar-refractivity contribution in [2.75, 3.05) is 18.0 Å². The normalized spacial score (nSPS) is 16.5. The van der Waals surface area contributed by atoms with Gasteiger partial charge in [0.05, 0.1) is 24.7 Å². The highest BCUT2D eigenvalue weighted by atomic mass is 19.4. The molecule has 2 aromatic heterocycles. The van der Waals surface area contributed by atoms with Crippen LogP contribution in [0, 0.1) is 0 Å². The molecule has 0 saturated carbocycles. The van der Waals surface area contributed by atoms with Crippen molar-refractivity contribution >= 4 is 5.82 Å². The molecule has 0 spiro atoms. The Balaban J connectivity index is 1.63. The molecular weight excluding hydrogens is 335 g/mol. The number of anilines is 1. The maximum absolute atomic E-state index is 12.7. The first kappa shape index (κ1) is 17.5. The van der Waals surface area contributed by atoms with Crippen LogP contribution >= 0.6 is 0 Å². The van der Waals surface area contributed by atoms with Gasteiger partial charge in [-0.25, -0.2) is 4.98 Å². The first-order chi connectivity index (χ1) is 11.8. The fraction of sp³-hybridized carbons (Fsp3) is 0.562. The quantitative estimate of drug-likeness (QED) is 0.911. The van der Waals surface area contributed by atoms with E-state index in [0.717, 1.165) is 6.20 Å². The molecule has 0 radical (unpaired) electrons. The van der Waals surface area contributed by atoms with E-state index in [1.807, 2.05) is 13.8 Å². The molecule has 6 nitrogen and oxygen atoms in total. The van der Waals surface area contributed by atoms with E-state index in [-0.39, 0.29) is 12.0 Å². The van der Waals surface area contributed by atoms with Crippen LogP contribution in [-0.4, -0.2) is 39.1 Å². The molecule has 9 heteroatoms. The number of piperidine rings is 1. The van der Waals surface area contributed by atoms with Crippen molar-refractivity contribution < 1.29 is 17.9 Å². The molecule has 0 atom stereocenters. The molecule has 2 aromatic rings. The molecule has 1 saturated heterocycles. The van der Waals surface area contributed by atoms with Gasteiger partial charge in [0, 0.05) is 19.0 Å². The van der Waals surface area contributed by atoms with Crippen molar-refractivity contribution in [2.45, 2.75) is 44.9 Å². The van der Waals surface area contributed by atoms with Gasteiger partial charge in [-0.2, -0.15) is 18.2 Å². The van der Waals surface area contributed by atoms with Gasteiger partial charge < -0.3 is 14.6 Å². The molecule has 136 valence electrons. The molecular formula is C16H20F3N5O. The molecule has 0 aliphatic carbocycles. The summed E-state index contributed by atoms with van der Waals surface area (Å²) in [6, 6.07) is 0. The Morgan fingerprint density at radius 1 is 1.20 bits per heavy atom. The van der Waals surface area contributed by atoms with E-state index in [0.29, 0.717) is 43.5 Å². The lowest BCUT2D eigenvalue weighted by Crippen LogP contribution is -2.34. The van der Waals surface area contributed by atoms with E-state index in [1.165, 1.54) is 0 Å². The number of H-pyrrole nitrogens is 1. The molecule has 0 aromatic carbocycles. The highest BCUT2D eigenvalue weighted by molar-refractivity contribution is 5.38. The van der Waals surface area contributed by atoms with Gasteiger partial charge >= 0.3 is 6.18 Å². The molecule has 1 aliphatic rings. The SMILES string of the molecule is CC(C)Oc1cncc(N2CCC(c3ncc(C(F)(F)F)[nH]3)CC2)n1. The Labute approximate surface area is 143 Å². The summed E-state index contributed by atoms with van der Waals surface area (Å²) < 4.78 is 43.6. The van der Waals surface area contributed by atoms with Crippen LogP contribution in [0.5, 0.6) is 5.88 Å². The van der Waals surface area contributed by atoms with Crippen LogP contribution in [0.1, 0.15) is 44.1 Å². The minimum Gasteiger partial charge on any atom is -0.474 e. The molecule has 0 bridgehead atoms. The average Bonchev–Trinajstić information content (AvgIpc) is 3.05. The molecule has 1 N–H and O–H groups in total. The predicted molar refractivity (Wildman–Crippen MR) is 85.6 cm³/mol. The largest absolute Gasteiger partial charge is 0.474 e. The average molecular weight is 355 g/mol. The summed E-state index contributed by atoms with van der Waals surface area (Å²) in [5.74, 6) is 1.56. The molecule has 1 fully saturated rings. The number of hydrogen-bond donors (Lipinski definition) is 1. The van der Waals surface area contributed by atoms with Crippen molar-refractivity contribution in [1.82, 2.24) is 19.9 Å². The van der Waals surface area contributed by atoms with Crippen molar-refractivity contribution in [3.63, 3.8) is 0 Å². The fourth-order valence-corrected chi connectivity index (χ4v) is 2.86. The molecule has 1 aliphatic heterocycles. The Hall–Kier alpha value is -2.32. The Bertz CT molecular complexity index is 708. The molecule has 3 rings (SSSR count). The maximum atomic E-state index is 12.7. The number of hydrogen-bond acceptors (Lipinski definition) is 5. The number of rotatable bonds is 4. The first-order valence-electron chi connectivity index (χ1n) is 8.18. The monoisotopic (exact) mass is 355 g/mol. The fourth-order valence-electron chi connectivity index (χ4n) is 2.86. The van der Waals surface area contributed by atoms with Gasteiger partial charge in [0.1, 0.15) is 11.5 Å². The van der Waals surface area contributed by atoms with E-state index in [1.54, 1.807) is 12.4 Å². The van der Waals surface area contributed by atoms with E-state index < -0.39 is 11.9 Å². The number of nitrogens with one attached hydrogen (secondary N) is 1. The topological polar surface area (TPSA) is 66.9 Å². The van der Waals surface area contributed by atoms with Crippen LogP contribution in [0.25, 0.3) is 0 Å². The van der Waals surface area contributed by atoms with Gasteiger partial charge in [0.2, 0.25) is 5.88 Å². The van der Waals surface area contributed by atoms with E-state index in [9.17, 15) is 13.2 Å². The second kappa shape index (κ2) is 6.89. The van der Waals surface area contributed by atoms with E-state index >= 15 is 0 Å². The molecule has 3 heterocycles. The number of nitrogens with zero attached hydrogens (tertiary/aromatic N) is 4.